The zero-order chi connectivity index (χ0) is 38.9. The van der Waals surface area contributed by atoms with Crippen molar-refractivity contribution in [2.45, 2.75) is 26.7 Å². The molecule has 0 saturated heterocycles. The summed E-state index contributed by atoms with van der Waals surface area (Å²) in [6.45, 7) is 11.6. The van der Waals surface area contributed by atoms with E-state index in [0.29, 0.717) is 48.2 Å². The lowest BCUT2D eigenvalue weighted by atomic mass is 10.0. The SMILES string of the molecule is C=CC(=O)OCCC(C)CCOc1ccc(C(=O)Oc2ccc(C(=O)Oc3ccc(-c4ccc(C(=O)OCC(C)COC(=O)C=C)cc4)cc3)cc2)cc1. The van der Waals surface area contributed by atoms with E-state index in [-0.39, 0.29) is 30.4 Å². The van der Waals surface area contributed by atoms with Crippen molar-refractivity contribution in [1.29, 1.82) is 0 Å². The van der Waals surface area contributed by atoms with Crippen LogP contribution in [0, 0.1) is 11.8 Å². The minimum Gasteiger partial charge on any atom is -0.494 e. The van der Waals surface area contributed by atoms with E-state index in [1.807, 2.05) is 6.92 Å². The Morgan fingerprint density at radius 2 is 0.907 bits per heavy atom. The predicted octanol–water partition coefficient (Wildman–Crippen LogP) is 7.84. The summed E-state index contributed by atoms with van der Waals surface area (Å²) in [7, 11) is 0. The van der Waals surface area contributed by atoms with Crippen molar-refractivity contribution < 1.29 is 52.4 Å². The molecule has 0 radical (unpaired) electrons. The molecule has 4 rings (SSSR count). The van der Waals surface area contributed by atoms with Gasteiger partial charge in [0.15, 0.2) is 0 Å². The number of benzene rings is 4. The van der Waals surface area contributed by atoms with Crippen molar-refractivity contribution in [3.8, 4) is 28.4 Å². The third-order valence-corrected chi connectivity index (χ3v) is 7.99. The second-order valence-electron chi connectivity index (χ2n) is 12.4. The second kappa shape index (κ2) is 20.5. The lowest BCUT2D eigenvalue weighted by molar-refractivity contribution is -0.139. The van der Waals surface area contributed by atoms with Gasteiger partial charge in [0.05, 0.1) is 43.1 Å². The summed E-state index contributed by atoms with van der Waals surface area (Å²) in [5.74, 6) is -1.29. The average molecular weight is 735 g/mol. The van der Waals surface area contributed by atoms with E-state index in [1.165, 1.54) is 24.3 Å². The van der Waals surface area contributed by atoms with Gasteiger partial charge in [0.1, 0.15) is 17.2 Å². The first kappa shape index (κ1) is 40.3. The number of carbonyl (C=O) groups excluding carboxylic acids is 5. The van der Waals surface area contributed by atoms with Crippen LogP contribution >= 0.6 is 0 Å². The molecule has 0 heterocycles. The van der Waals surface area contributed by atoms with Gasteiger partial charge >= 0.3 is 29.8 Å². The minimum atomic E-state index is -0.585. The minimum absolute atomic E-state index is 0.0953. The van der Waals surface area contributed by atoms with Gasteiger partial charge in [-0.1, -0.05) is 51.3 Å². The maximum Gasteiger partial charge on any atom is 0.343 e. The van der Waals surface area contributed by atoms with Crippen molar-refractivity contribution in [2.75, 3.05) is 26.4 Å². The Bertz CT molecular complexity index is 1900. The van der Waals surface area contributed by atoms with E-state index in [2.05, 4.69) is 13.2 Å². The van der Waals surface area contributed by atoms with Crippen LogP contribution in [0.25, 0.3) is 11.1 Å². The lowest BCUT2D eigenvalue weighted by Gasteiger charge is -2.12. The van der Waals surface area contributed by atoms with Crippen molar-refractivity contribution in [2.24, 2.45) is 11.8 Å². The van der Waals surface area contributed by atoms with Gasteiger partial charge in [-0.3, -0.25) is 0 Å². The smallest absolute Gasteiger partial charge is 0.343 e. The van der Waals surface area contributed by atoms with Crippen LogP contribution in [0.15, 0.2) is 122 Å². The van der Waals surface area contributed by atoms with E-state index < -0.39 is 29.8 Å². The maximum atomic E-state index is 12.8. The zero-order valence-corrected chi connectivity index (χ0v) is 30.2. The molecule has 0 aliphatic carbocycles. The molecule has 0 amide bonds. The highest BCUT2D eigenvalue weighted by Crippen LogP contribution is 2.24. The number of esters is 5. The summed E-state index contributed by atoms with van der Waals surface area (Å²) in [5.41, 5.74) is 2.65. The van der Waals surface area contributed by atoms with Crippen LogP contribution in [0.4, 0.5) is 0 Å². The summed E-state index contributed by atoms with van der Waals surface area (Å²) >= 11 is 0. The Balaban J connectivity index is 1.20. The third kappa shape index (κ3) is 12.9. The van der Waals surface area contributed by atoms with Crippen LogP contribution in [-0.2, 0) is 23.8 Å². The van der Waals surface area contributed by atoms with Crippen LogP contribution in [0.3, 0.4) is 0 Å². The normalized spacial score (nSPS) is 11.6. The Hall–Kier alpha value is -6.49. The quantitative estimate of drug-likeness (QED) is 0.0403. The van der Waals surface area contributed by atoms with E-state index in [4.69, 9.17) is 28.4 Å². The monoisotopic (exact) mass is 734 g/mol. The van der Waals surface area contributed by atoms with Gasteiger partial charge in [0.2, 0.25) is 0 Å². The van der Waals surface area contributed by atoms with E-state index in [1.54, 1.807) is 79.7 Å². The molecule has 280 valence electrons. The topological polar surface area (TPSA) is 141 Å². The van der Waals surface area contributed by atoms with Gasteiger partial charge < -0.3 is 28.4 Å². The molecule has 0 aliphatic rings. The first-order valence-electron chi connectivity index (χ1n) is 17.3. The molecule has 0 bridgehead atoms. The number of hydrogen-bond donors (Lipinski definition) is 0. The molecule has 0 saturated carbocycles. The molecule has 0 aromatic heterocycles. The first-order valence-corrected chi connectivity index (χ1v) is 17.3. The molecule has 11 heteroatoms. The van der Waals surface area contributed by atoms with Gasteiger partial charge in [-0.05, 0) is 103 Å². The second-order valence-corrected chi connectivity index (χ2v) is 12.4. The Labute approximate surface area is 314 Å². The van der Waals surface area contributed by atoms with Gasteiger partial charge in [0.25, 0.3) is 0 Å². The van der Waals surface area contributed by atoms with Crippen molar-refractivity contribution in [3.05, 3.63) is 139 Å². The molecule has 0 spiro atoms. The third-order valence-electron chi connectivity index (χ3n) is 7.99. The molecule has 2 atom stereocenters. The molecular weight excluding hydrogens is 692 g/mol. The number of carbonyl (C=O) groups is 5. The van der Waals surface area contributed by atoms with E-state index in [0.717, 1.165) is 29.7 Å². The van der Waals surface area contributed by atoms with Crippen LogP contribution in [0.5, 0.6) is 17.2 Å². The van der Waals surface area contributed by atoms with Crippen LogP contribution in [0.1, 0.15) is 57.8 Å². The molecular formula is C43H42O11. The molecule has 2 unspecified atom stereocenters. The Morgan fingerprint density at radius 1 is 0.500 bits per heavy atom. The summed E-state index contributed by atoms with van der Waals surface area (Å²) in [5, 5.41) is 0. The fourth-order valence-electron chi connectivity index (χ4n) is 4.77. The molecule has 0 N–H and O–H groups in total. The molecule has 0 fully saturated rings. The van der Waals surface area contributed by atoms with Crippen LogP contribution in [-0.4, -0.2) is 56.3 Å². The standard InChI is InChI=1S/C43H42O11/c1-5-39(44)50-26-24-29(3)23-25-49-36-17-13-34(14-18-36)42(47)54-38-21-15-35(16-22-38)43(48)53-37-19-11-32(12-20-37)31-7-9-33(10-8-31)41(46)52-28-30(4)27-51-40(45)6-2/h5-22,29-30H,1-2,23-28H2,3-4H3. The number of ether oxygens (including phenoxy) is 6. The fourth-order valence-corrected chi connectivity index (χ4v) is 4.77. The molecule has 4 aromatic carbocycles. The largest absolute Gasteiger partial charge is 0.494 e. The van der Waals surface area contributed by atoms with Crippen LogP contribution in [0.2, 0.25) is 0 Å². The highest BCUT2D eigenvalue weighted by Gasteiger charge is 2.14. The highest BCUT2D eigenvalue weighted by molar-refractivity contribution is 5.93. The summed E-state index contributed by atoms with van der Waals surface area (Å²) in [4.78, 5) is 60.3. The van der Waals surface area contributed by atoms with E-state index >= 15 is 0 Å². The average Bonchev–Trinajstić information content (AvgIpc) is 3.19. The summed E-state index contributed by atoms with van der Waals surface area (Å²) in [6, 6.07) is 26.4. The molecule has 54 heavy (non-hydrogen) atoms. The molecule has 4 aromatic rings. The maximum absolute atomic E-state index is 12.8. The molecule has 0 aliphatic heterocycles. The van der Waals surface area contributed by atoms with Gasteiger partial charge in [0, 0.05) is 18.1 Å². The van der Waals surface area contributed by atoms with Crippen molar-refractivity contribution in [3.63, 3.8) is 0 Å². The fraction of sp³-hybridized carbons (Fsp3) is 0.233. The predicted molar refractivity (Wildman–Crippen MR) is 200 cm³/mol. The zero-order valence-electron chi connectivity index (χ0n) is 30.2. The van der Waals surface area contributed by atoms with Crippen molar-refractivity contribution >= 4 is 29.8 Å². The Kier molecular flexibility index (Phi) is 15.3. The summed E-state index contributed by atoms with van der Waals surface area (Å²) < 4.78 is 32.1. The Morgan fingerprint density at radius 3 is 1.44 bits per heavy atom. The van der Waals surface area contributed by atoms with Crippen molar-refractivity contribution in [1.82, 2.24) is 0 Å². The highest BCUT2D eigenvalue weighted by atomic mass is 16.6. The number of hydrogen-bond acceptors (Lipinski definition) is 11. The first-order chi connectivity index (χ1) is 26.0. The lowest BCUT2D eigenvalue weighted by Crippen LogP contribution is -2.18. The van der Waals surface area contributed by atoms with Gasteiger partial charge in [-0.2, -0.15) is 0 Å². The summed E-state index contributed by atoms with van der Waals surface area (Å²) in [6.07, 6.45) is 3.70. The van der Waals surface area contributed by atoms with Crippen LogP contribution < -0.4 is 14.2 Å². The van der Waals surface area contributed by atoms with E-state index in [9.17, 15) is 24.0 Å². The van der Waals surface area contributed by atoms with Gasteiger partial charge in [-0.15, -0.1) is 0 Å². The van der Waals surface area contributed by atoms with Gasteiger partial charge in [-0.25, -0.2) is 24.0 Å². The molecule has 11 nitrogen and oxygen atoms in total. The number of rotatable bonds is 19.